The second kappa shape index (κ2) is 10.1. The summed E-state index contributed by atoms with van der Waals surface area (Å²) >= 11 is 7.84. The molecule has 0 bridgehead atoms. The van der Waals surface area contributed by atoms with E-state index >= 15 is 0 Å². The number of hydrogen-bond donors (Lipinski definition) is 0. The average molecular weight is 474 g/mol. The highest BCUT2D eigenvalue weighted by atomic mass is 35.5. The minimum absolute atomic E-state index is 0.0696. The van der Waals surface area contributed by atoms with Gasteiger partial charge in [-0.25, -0.2) is 9.78 Å². The molecule has 0 N–H and O–H groups in total. The number of hydrogen-bond acceptors (Lipinski definition) is 7. The quantitative estimate of drug-likeness (QED) is 0.454. The molecule has 0 aliphatic carbocycles. The number of benzene rings is 2. The van der Waals surface area contributed by atoms with Crippen LogP contribution in [-0.4, -0.2) is 54.7 Å². The SMILES string of the molecule is CCOC(=O)COc1cc(C)cc(CN2CCN(c3nc4ccc(Cl)cc4s3)C(C)C2)c1. The highest BCUT2D eigenvalue weighted by Gasteiger charge is 2.26. The zero-order valence-electron chi connectivity index (χ0n) is 18.6. The molecule has 0 saturated carbocycles. The van der Waals surface area contributed by atoms with E-state index in [-0.39, 0.29) is 12.6 Å². The van der Waals surface area contributed by atoms with Crippen molar-refractivity contribution in [3.05, 3.63) is 52.5 Å². The van der Waals surface area contributed by atoms with Gasteiger partial charge in [-0.2, -0.15) is 0 Å². The van der Waals surface area contributed by atoms with E-state index in [0.29, 0.717) is 18.4 Å². The van der Waals surface area contributed by atoms with E-state index in [9.17, 15) is 4.79 Å². The number of aryl methyl sites for hydroxylation is 1. The minimum Gasteiger partial charge on any atom is -0.482 e. The van der Waals surface area contributed by atoms with Gasteiger partial charge in [-0.15, -0.1) is 0 Å². The molecule has 0 spiro atoms. The Morgan fingerprint density at radius 2 is 2.09 bits per heavy atom. The van der Waals surface area contributed by atoms with E-state index in [1.165, 1.54) is 5.56 Å². The first-order valence-electron chi connectivity index (χ1n) is 10.9. The van der Waals surface area contributed by atoms with Crippen molar-refractivity contribution < 1.29 is 14.3 Å². The molecular formula is C24H28ClN3O3S. The van der Waals surface area contributed by atoms with Gasteiger partial charge in [-0.05, 0) is 62.2 Å². The maximum atomic E-state index is 11.6. The summed E-state index contributed by atoms with van der Waals surface area (Å²) in [5.41, 5.74) is 3.29. The second-order valence-electron chi connectivity index (χ2n) is 8.13. The van der Waals surface area contributed by atoms with Crippen LogP contribution in [0, 0.1) is 6.92 Å². The molecule has 2 heterocycles. The van der Waals surface area contributed by atoms with Crippen molar-refractivity contribution in [3.8, 4) is 5.75 Å². The third kappa shape index (κ3) is 5.52. The molecule has 1 aromatic heterocycles. The lowest BCUT2D eigenvalue weighted by atomic mass is 10.1. The number of ether oxygens (including phenoxy) is 2. The first kappa shape index (κ1) is 22.8. The Morgan fingerprint density at radius 3 is 2.88 bits per heavy atom. The summed E-state index contributed by atoms with van der Waals surface area (Å²) in [5, 5.41) is 1.80. The van der Waals surface area contributed by atoms with Crippen LogP contribution in [-0.2, 0) is 16.1 Å². The van der Waals surface area contributed by atoms with Crippen LogP contribution >= 0.6 is 22.9 Å². The largest absolute Gasteiger partial charge is 0.482 e. The smallest absolute Gasteiger partial charge is 0.344 e. The van der Waals surface area contributed by atoms with Crippen molar-refractivity contribution in [2.75, 3.05) is 37.7 Å². The van der Waals surface area contributed by atoms with Crippen molar-refractivity contribution in [1.82, 2.24) is 9.88 Å². The molecule has 8 heteroatoms. The Hall–Kier alpha value is -2.35. The molecular weight excluding hydrogens is 446 g/mol. The molecule has 170 valence electrons. The molecule has 1 saturated heterocycles. The van der Waals surface area contributed by atoms with Gasteiger partial charge >= 0.3 is 5.97 Å². The summed E-state index contributed by atoms with van der Waals surface area (Å²) in [6, 6.07) is 12.3. The Balaban J connectivity index is 1.38. The molecule has 32 heavy (non-hydrogen) atoms. The third-order valence-corrected chi connectivity index (χ3v) is 6.77. The van der Waals surface area contributed by atoms with E-state index < -0.39 is 0 Å². The predicted octanol–water partition coefficient (Wildman–Crippen LogP) is 4.91. The van der Waals surface area contributed by atoms with Crippen LogP contribution < -0.4 is 9.64 Å². The Kier molecular flexibility index (Phi) is 7.18. The first-order chi connectivity index (χ1) is 15.4. The predicted molar refractivity (Wildman–Crippen MR) is 130 cm³/mol. The fourth-order valence-electron chi connectivity index (χ4n) is 4.07. The van der Waals surface area contributed by atoms with Gasteiger partial charge in [-0.1, -0.05) is 29.0 Å². The summed E-state index contributed by atoms with van der Waals surface area (Å²) in [7, 11) is 0. The highest BCUT2D eigenvalue weighted by Crippen LogP contribution is 2.32. The third-order valence-electron chi connectivity index (χ3n) is 5.48. The molecule has 1 aliphatic rings. The van der Waals surface area contributed by atoms with E-state index in [1.807, 2.05) is 37.3 Å². The topological polar surface area (TPSA) is 54.9 Å². The number of thiazole rings is 1. The number of halogens is 1. The summed E-state index contributed by atoms with van der Waals surface area (Å²) in [6.45, 7) is 10.0. The van der Waals surface area contributed by atoms with Gasteiger partial charge in [0, 0.05) is 37.2 Å². The highest BCUT2D eigenvalue weighted by molar-refractivity contribution is 7.22. The second-order valence-corrected chi connectivity index (χ2v) is 9.58. The Bertz CT molecular complexity index is 1100. The molecule has 1 unspecified atom stereocenters. The van der Waals surface area contributed by atoms with Crippen molar-refractivity contribution in [3.63, 3.8) is 0 Å². The standard InChI is InChI=1S/C24H28ClN3O3S/c1-4-30-23(29)15-31-20-10-16(2)9-18(11-20)14-27-7-8-28(17(3)13-27)24-26-21-6-5-19(25)12-22(21)32-24/h5-6,9-12,17H,4,7-8,13-15H2,1-3H3. The fourth-order valence-corrected chi connectivity index (χ4v) is 5.44. The molecule has 0 amide bonds. The number of rotatable bonds is 7. The maximum Gasteiger partial charge on any atom is 0.344 e. The van der Waals surface area contributed by atoms with Crippen LogP contribution in [0.2, 0.25) is 5.02 Å². The monoisotopic (exact) mass is 473 g/mol. The van der Waals surface area contributed by atoms with E-state index in [2.05, 4.69) is 22.8 Å². The van der Waals surface area contributed by atoms with Crippen LogP contribution in [0.25, 0.3) is 10.2 Å². The molecule has 4 rings (SSSR count). The van der Waals surface area contributed by atoms with Gasteiger partial charge in [0.05, 0.1) is 16.8 Å². The van der Waals surface area contributed by atoms with Gasteiger partial charge in [0.25, 0.3) is 0 Å². The van der Waals surface area contributed by atoms with E-state index in [1.54, 1.807) is 18.3 Å². The van der Waals surface area contributed by atoms with Crippen molar-refractivity contribution in [2.45, 2.75) is 33.4 Å². The molecule has 1 fully saturated rings. The van der Waals surface area contributed by atoms with Crippen molar-refractivity contribution in [2.24, 2.45) is 0 Å². The maximum absolute atomic E-state index is 11.6. The lowest BCUT2D eigenvalue weighted by Crippen LogP contribution is -2.51. The van der Waals surface area contributed by atoms with Gasteiger partial charge < -0.3 is 14.4 Å². The van der Waals surface area contributed by atoms with Crippen LogP contribution in [0.15, 0.2) is 36.4 Å². The van der Waals surface area contributed by atoms with Crippen LogP contribution in [0.1, 0.15) is 25.0 Å². The molecule has 6 nitrogen and oxygen atoms in total. The zero-order valence-corrected chi connectivity index (χ0v) is 20.2. The lowest BCUT2D eigenvalue weighted by Gasteiger charge is -2.39. The van der Waals surface area contributed by atoms with Gasteiger partial charge in [-0.3, -0.25) is 4.90 Å². The molecule has 0 radical (unpaired) electrons. The van der Waals surface area contributed by atoms with Gasteiger partial charge in [0.15, 0.2) is 11.7 Å². The zero-order chi connectivity index (χ0) is 22.7. The van der Waals surface area contributed by atoms with Crippen LogP contribution in [0.5, 0.6) is 5.75 Å². The minimum atomic E-state index is -0.349. The van der Waals surface area contributed by atoms with Crippen molar-refractivity contribution in [1.29, 1.82) is 0 Å². The van der Waals surface area contributed by atoms with Crippen LogP contribution in [0.4, 0.5) is 5.13 Å². The normalized spacial score (nSPS) is 17.0. The number of fused-ring (bicyclic) bond motifs is 1. The average Bonchev–Trinajstić information content (AvgIpc) is 3.15. The number of anilines is 1. The number of nitrogens with zero attached hydrogens (tertiary/aromatic N) is 3. The summed E-state index contributed by atoms with van der Waals surface area (Å²) < 4.78 is 11.7. The van der Waals surface area contributed by atoms with Crippen LogP contribution in [0.3, 0.4) is 0 Å². The number of carbonyl (C=O) groups excluding carboxylic acids is 1. The number of piperazine rings is 1. The number of esters is 1. The van der Waals surface area contributed by atoms with Gasteiger partial charge in [0.2, 0.25) is 0 Å². The summed E-state index contributed by atoms with van der Waals surface area (Å²) in [5.74, 6) is 0.352. The number of aromatic nitrogens is 1. The van der Waals surface area contributed by atoms with E-state index in [0.717, 1.165) is 52.1 Å². The Morgan fingerprint density at radius 1 is 1.25 bits per heavy atom. The summed E-state index contributed by atoms with van der Waals surface area (Å²) in [6.07, 6.45) is 0. The molecule has 3 aromatic rings. The van der Waals surface area contributed by atoms with Crippen molar-refractivity contribution >= 4 is 44.3 Å². The molecule has 2 aromatic carbocycles. The summed E-state index contributed by atoms with van der Waals surface area (Å²) in [4.78, 5) is 21.3. The fraction of sp³-hybridized carbons (Fsp3) is 0.417. The molecule has 1 atom stereocenters. The first-order valence-corrected chi connectivity index (χ1v) is 12.0. The lowest BCUT2D eigenvalue weighted by molar-refractivity contribution is -0.145. The van der Waals surface area contributed by atoms with E-state index in [4.69, 9.17) is 26.1 Å². The number of carbonyl (C=O) groups is 1. The Labute approximate surface area is 197 Å². The van der Waals surface area contributed by atoms with Gasteiger partial charge in [0.1, 0.15) is 5.75 Å². The molecule has 1 aliphatic heterocycles.